The van der Waals surface area contributed by atoms with Gasteiger partial charge in [0.25, 0.3) is 0 Å². The molecule has 0 aliphatic rings. The standard InChI is InChI=1S/C10H14O2S.Na.H/c1-10(2,3)13(11)12-9-7-5-4-6-8-9;;/h4-8H,1-3H3;;/q;+1;-1. The molecule has 0 spiro atoms. The van der Waals surface area contributed by atoms with Crippen LogP contribution in [0.25, 0.3) is 0 Å². The van der Waals surface area contributed by atoms with E-state index in [0.29, 0.717) is 5.75 Å². The van der Waals surface area contributed by atoms with E-state index in [1.54, 1.807) is 12.1 Å². The molecule has 4 heteroatoms. The number of para-hydroxylation sites is 1. The summed E-state index contributed by atoms with van der Waals surface area (Å²) in [6.07, 6.45) is 0. The number of benzene rings is 1. The molecule has 0 heterocycles. The Morgan fingerprint density at radius 2 is 1.71 bits per heavy atom. The summed E-state index contributed by atoms with van der Waals surface area (Å²) in [5, 5.41) is 0. The summed E-state index contributed by atoms with van der Waals surface area (Å²) < 4.78 is 16.4. The first-order chi connectivity index (χ1) is 6.00. The molecule has 0 aromatic heterocycles. The minimum atomic E-state index is -1.29. The predicted octanol–water partition coefficient (Wildman–Crippen LogP) is -0.356. The number of hydrogen-bond donors (Lipinski definition) is 0. The van der Waals surface area contributed by atoms with E-state index >= 15 is 0 Å². The SMILES string of the molecule is CC(C)(C)S(=O)Oc1ccccc1.[H-].[Na+]. The van der Waals surface area contributed by atoms with E-state index in [4.69, 9.17) is 4.18 Å². The van der Waals surface area contributed by atoms with Gasteiger partial charge in [0.15, 0.2) is 0 Å². The maximum absolute atomic E-state index is 11.5. The molecule has 0 bridgehead atoms. The van der Waals surface area contributed by atoms with Crippen molar-refractivity contribution in [1.29, 1.82) is 0 Å². The van der Waals surface area contributed by atoms with Gasteiger partial charge < -0.3 is 5.61 Å². The van der Waals surface area contributed by atoms with Gasteiger partial charge in [-0.05, 0) is 32.9 Å². The third kappa shape index (κ3) is 4.60. The van der Waals surface area contributed by atoms with E-state index in [2.05, 4.69) is 0 Å². The fourth-order valence-electron chi connectivity index (χ4n) is 0.688. The zero-order valence-corrected chi connectivity index (χ0v) is 11.9. The van der Waals surface area contributed by atoms with Crippen LogP contribution in [0.3, 0.4) is 0 Å². The molecular formula is C10H15NaO2S. The van der Waals surface area contributed by atoms with Crippen molar-refractivity contribution < 1.29 is 39.4 Å². The maximum Gasteiger partial charge on any atom is 1.00 e. The predicted molar refractivity (Wildman–Crippen MR) is 56.1 cm³/mol. The second kappa shape index (κ2) is 5.91. The summed E-state index contributed by atoms with van der Waals surface area (Å²) in [6, 6.07) is 9.20. The van der Waals surface area contributed by atoms with Gasteiger partial charge in [0.05, 0.1) is 4.75 Å². The molecule has 0 aliphatic carbocycles. The zero-order chi connectivity index (χ0) is 9.90. The van der Waals surface area contributed by atoms with Gasteiger partial charge in [-0.25, -0.2) is 4.21 Å². The maximum atomic E-state index is 11.5. The summed E-state index contributed by atoms with van der Waals surface area (Å²) in [5.74, 6) is 0.649. The van der Waals surface area contributed by atoms with Crippen molar-refractivity contribution in [1.82, 2.24) is 0 Å². The van der Waals surface area contributed by atoms with Gasteiger partial charge in [0, 0.05) is 0 Å². The van der Waals surface area contributed by atoms with Gasteiger partial charge in [-0.15, -0.1) is 0 Å². The van der Waals surface area contributed by atoms with E-state index in [1.807, 2.05) is 39.0 Å². The van der Waals surface area contributed by atoms with Crippen LogP contribution in [0.4, 0.5) is 0 Å². The third-order valence-electron chi connectivity index (χ3n) is 1.42. The van der Waals surface area contributed by atoms with Crippen LogP contribution in [0.2, 0.25) is 0 Å². The Morgan fingerprint density at radius 3 is 2.14 bits per heavy atom. The quantitative estimate of drug-likeness (QED) is 0.639. The topological polar surface area (TPSA) is 26.3 Å². The Hall–Kier alpha value is 0.170. The van der Waals surface area contributed by atoms with Crippen molar-refractivity contribution >= 4 is 11.1 Å². The van der Waals surface area contributed by atoms with Gasteiger partial charge in [0.2, 0.25) is 11.1 Å². The second-order valence-electron chi connectivity index (χ2n) is 3.74. The van der Waals surface area contributed by atoms with Crippen molar-refractivity contribution in [3.05, 3.63) is 30.3 Å². The summed E-state index contributed by atoms with van der Waals surface area (Å²) in [6.45, 7) is 5.64. The normalized spacial score (nSPS) is 12.8. The van der Waals surface area contributed by atoms with Crippen LogP contribution in [0.5, 0.6) is 5.75 Å². The summed E-state index contributed by atoms with van der Waals surface area (Å²) >= 11 is -1.29. The molecule has 0 saturated carbocycles. The molecule has 14 heavy (non-hydrogen) atoms. The van der Waals surface area contributed by atoms with E-state index < -0.39 is 11.1 Å². The Balaban J connectivity index is 0. The van der Waals surface area contributed by atoms with Crippen LogP contribution in [0.15, 0.2) is 30.3 Å². The van der Waals surface area contributed by atoms with Crippen LogP contribution < -0.4 is 33.7 Å². The van der Waals surface area contributed by atoms with Crippen molar-refractivity contribution in [3.8, 4) is 5.75 Å². The van der Waals surface area contributed by atoms with Gasteiger partial charge in [-0.2, -0.15) is 0 Å². The average molecular weight is 222 g/mol. The van der Waals surface area contributed by atoms with Crippen molar-refractivity contribution in [2.45, 2.75) is 25.5 Å². The van der Waals surface area contributed by atoms with Gasteiger partial charge in [-0.3, -0.25) is 0 Å². The summed E-state index contributed by atoms with van der Waals surface area (Å²) in [7, 11) is 0. The van der Waals surface area contributed by atoms with E-state index in [-0.39, 0.29) is 35.7 Å². The minimum absolute atomic E-state index is 0. The molecule has 0 fully saturated rings. The van der Waals surface area contributed by atoms with E-state index in [9.17, 15) is 4.21 Å². The third-order valence-corrected chi connectivity index (χ3v) is 2.76. The molecule has 0 N–H and O–H groups in total. The van der Waals surface area contributed by atoms with Crippen LogP contribution in [0.1, 0.15) is 22.2 Å². The smallest absolute Gasteiger partial charge is 1.00 e. The Kier molecular flexibility index (Phi) is 5.98. The Bertz CT molecular complexity index is 298. The van der Waals surface area contributed by atoms with Gasteiger partial charge >= 0.3 is 29.6 Å². The molecule has 1 unspecified atom stereocenters. The molecule has 1 rings (SSSR count). The zero-order valence-electron chi connectivity index (χ0n) is 10.1. The summed E-state index contributed by atoms with van der Waals surface area (Å²) in [4.78, 5) is 0. The van der Waals surface area contributed by atoms with Gasteiger partial charge in [-0.1, -0.05) is 18.2 Å². The fourth-order valence-corrected chi connectivity index (χ4v) is 1.22. The molecule has 0 saturated heterocycles. The number of hydrogen-bond acceptors (Lipinski definition) is 2. The first-order valence-corrected chi connectivity index (χ1v) is 5.23. The van der Waals surface area contributed by atoms with Crippen LogP contribution in [-0.4, -0.2) is 8.96 Å². The van der Waals surface area contributed by atoms with Crippen LogP contribution in [-0.2, 0) is 11.1 Å². The Morgan fingerprint density at radius 1 is 1.21 bits per heavy atom. The van der Waals surface area contributed by atoms with Crippen molar-refractivity contribution in [2.75, 3.05) is 0 Å². The molecule has 1 aromatic carbocycles. The first kappa shape index (κ1) is 14.2. The minimum Gasteiger partial charge on any atom is -1.00 e. The molecule has 1 atom stereocenters. The fraction of sp³-hybridized carbons (Fsp3) is 0.400. The molecule has 74 valence electrons. The van der Waals surface area contributed by atoms with E-state index in [0.717, 1.165) is 0 Å². The van der Waals surface area contributed by atoms with Crippen molar-refractivity contribution in [3.63, 3.8) is 0 Å². The van der Waals surface area contributed by atoms with Crippen LogP contribution in [0, 0.1) is 0 Å². The summed E-state index contributed by atoms with van der Waals surface area (Å²) in [5.41, 5.74) is 0. The molecular weight excluding hydrogens is 207 g/mol. The average Bonchev–Trinajstić information content (AvgIpc) is 2.04. The second-order valence-corrected chi connectivity index (χ2v) is 5.60. The molecule has 0 radical (unpaired) electrons. The monoisotopic (exact) mass is 222 g/mol. The molecule has 1 aromatic rings. The Labute approximate surface area is 111 Å². The largest absolute Gasteiger partial charge is 1.00 e. The van der Waals surface area contributed by atoms with Gasteiger partial charge in [0.1, 0.15) is 5.75 Å². The first-order valence-electron chi connectivity index (χ1n) is 4.15. The number of rotatable bonds is 2. The van der Waals surface area contributed by atoms with Crippen LogP contribution >= 0.6 is 0 Å². The molecule has 2 nitrogen and oxygen atoms in total. The van der Waals surface area contributed by atoms with E-state index in [1.165, 1.54) is 0 Å². The molecule has 0 aliphatic heterocycles. The molecule has 0 amide bonds. The van der Waals surface area contributed by atoms with Crippen molar-refractivity contribution in [2.24, 2.45) is 0 Å².